The van der Waals surface area contributed by atoms with Crippen LogP contribution in [0.25, 0.3) is 0 Å². The fraction of sp³-hybridized carbons (Fsp3) is 0.100. The number of nitrogens with zero attached hydrogens (tertiary/aromatic N) is 1. The van der Waals surface area contributed by atoms with Gasteiger partial charge in [-0.25, -0.2) is 18.2 Å². The first-order chi connectivity index (χ1) is 13.5. The van der Waals surface area contributed by atoms with Gasteiger partial charge in [0.1, 0.15) is 11.6 Å². The lowest BCUT2D eigenvalue weighted by atomic mass is 10.2. The van der Waals surface area contributed by atoms with Crippen LogP contribution in [0.3, 0.4) is 0 Å². The standard InChI is InChI=1S/C20H16F3N3O2/c1-28-14-5-2-12(3-6-14)10-24-13-4-9-17(25-11-13)26-20(27)15-7-8-16(21)19(23)18(15)22/h2-9,11,24H,10H2,1H3,(H,25,26,27). The lowest BCUT2D eigenvalue weighted by Crippen LogP contribution is -2.16. The summed E-state index contributed by atoms with van der Waals surface area (Å²) in [5.41, 5.74) is 1.13. The van der Waals surface area contributed by atoms with Crippen LogP contribution in [0.4, 0.5) is 24.7 Å². The van der Waals surface area contributed by atoms with Gasteiger partial charge in [0.15, 0.2) is 17.5 Å². The summed E-state index contributed by atoms with van der Waals surface area (Å²) in [5.74, 6) is -4.62. The number of ether oxygens (including phenoxy) is 1. The van der Waals surface area contributed by atoms with Gasteiger partial charge in [-0.1, -0.05) is 12.1 Å². The zero-order valence-corrected chi connectivity index (χ0v) is 14.8. The Hall–Kier alpha value is -3.55. The van der Waals surface area contributed by atoms with Crippen molar-refractivity contribution in [1.82, 2.24) is 4.98 Å². The summed E-state index contributed by atoms with van der Waals surface area (Å²) in [6, 6.07) is 12.3. The maximum atomic E-state index is 13.7. The molecule has 3 aromatic rings. The molecule has 1 aromatic heterocycles. The second-order valence-electron chi connectivity index (χ2n) is 5.81. The Labute approximate surface area is 159 Å². The molecule has 0 aliphatic heterocycles. The Balaban J connectivity index is 1.61. The molecule has 0 saturated carbocycles. The van der Waals surface area contributed by atoms with Gasteiger partial charge in [-0.05, 0) is 42.0 Å². The zero-order valence-electron chi connectivity index (χ0n) is 14.8. The van der Waals surface area contributed by atoms with Gasteiger partial charge in [0, 0.05) is 6.54 Å². The molecule has 0 atom stereocenters. The van der Waals surface area contributed by atoms with E-state index in [0.717, 1.165) is 17.4 Å². The highest BCUT2D eigenvalue weighted by Gasteiger charge is 2.19. The Kier molecular flexibility index (Phi) is 5.78. The normalized spacial score (nSPS) is 10.4. The van der Waals surface area contributed by atoms with E-state index < -0.39 is 28.9 Å². The van der Waals surface area contributed by atoms with E-state index in [1.54, 1.807) is 13.2 Å². The van der Waals surface area contributed by atoms with Gasteiger partial charge < -0.3 is 15.4 Å². The van der Waals surface area contributed by atoms with E-state index in [1.807, 2.05) is 24.3 Å². The first-order valence-corrected chi connectivity index (χ1v) is 8.25. The van der Waals surface area contributed by atoms with Crippen LogP contribution in [-0.2, 0) is 6.54 Å². The fourth-order valence-corrected chi connectivity index (χ4v) is 2.40. The molecule has 0 aliphatic rings. The third-order valence-corrected chi connectivity index (χ3v) is 3.94. The Morgan fingerprint density at radius 2 is 1.75 bits per heavy atom. The minimum atomic E-state index is -1.70. The zero-order chi connectivity index (χ0) is 20.1. The van der Waals surface area contributed by atoms with Crippen molar-refractivity contribution in [1.29, 1.82) is 0 Å². The smallest absolute Gasteiger partial charge is 0.259 e. The van der Waals surface area contributed by atoms with Crippen molar-refractivity contribution in [2.45, 2.75) is 6.54 Å². The number of carbonyl (C=O) groups is 1. The van der Waals surface area contributed by atoms with Crippen molar-refractivity contribution >= 4 is 17.4 Å². The Morgan fingerprint density at radius 1 is 1.00 bits per heavy atom. The topological polar surface area (TPSA) is 63.2 Å². The summed E-state index contributed by atoms with van der Waals surface area (Å²) in [6.07, 6.45) is 1.49. The number of pyridine rings is 1. The van der Waals surface area contributed by atoms with Crippen molar-refractivity contribution in [2.24, 2.45) is 0 Å². The maximum absolute atomic E-state index is 13.7. The predicted molar refractivity (Wildman–Crippen MR) is 98.8 cm³/mol. The summed E-state index contributed by atoms with van der Waals surface area (Å²) in [4.78, 5) is 16.1. The van der Waals surface area contributed by atoms with Gasteiger partial charge >= 0.3 is 0 Å². The highest BCUT2D eigenvalue weighted by atomic mass is 19.2. The van der Waals surface area contributed by atoms with Crippen LogP contribution in [0.2, 0.25) is 0 Å². The fourth-order valence-electron chi connectivity index (χ4n) is 2.40. The van der Waals surface area contributed by atoms with Gasteiger partial charge in [-0.2, -0.15) is 0 Å². The Bertz CT molecular complexity index is 977. The van der Waals surface area contributed by atoms with Crippen LogP contribution < -0.4 is 15.4 Å². The van der Waals surface area contributed by atoms with E-state index in [2.05, 4.69) is 15.6 Å². The number of methoxy groups -OCH3 is 1. The molecule has 144 valence electrons. The van der Waals surface area contributed by atoms with Crippen LogP contribution >= 0.6 is 0 Å². The molecule has 1 amide bonds. The van der Waals surface area contributed by atoms with Crippen molar-refractivity contribution in [2.75, 3.05) is 17.7 Å². The van der Waals surface area contributed by atoms with Gasteiger partial charge in [-0.15, -0.1) is 0 Å². The molecule has 0 unspecified atom stereocenters. The number of hydrogen-bond acceptors (Lipinski definition) is 4. The highest BCUT2D eigenvalue weighted by Crippen LogP contribution is 2.18. The molecule has 0 spiro atoms. The van der Waals surface area contributed by atoms with Crippen LogP contribution in [0, 0.1) is 17.5 Å². The second-order valence-corrected chi connectivity index (χ2v) is 5.81. The summed E-state index contributed by atoms with van der Waals surface area (Å²) < 4.78 is 45.0. The highest BCUT2D eigenvalue weighted by molar-refractivity contribution is 6.04. The van der Waals surface area contributed by atoms with Gasteiger partial charge in [-0.3, -0.25) is 4.79 Å². The van der Waals surface area contributed by atoms with Gasteiger partial charge in [0.05, 0.1) is 24.6 Å². The van der Waals surface area contributed by atoms with E-state index in [0.29, 0.717) is 18.3 Å². The molecule has 1 heterocycles. The molecule has 2 aromatic carbocycles. The number of carbonyl (C=O) groups excluding carboxylic acids is 1. The van der Waals surface area contributed by atoms with Crippen molar-refractivity contribution in [3.05, 3.63) is 83.3 Å². The van der Waals surface area contributed by atoms with Gasteiger partial charge in [0.25, 0.3) is 5.91 Å². The predicted octanol–water partition coefficient (Wildman–Crippen LogP) is 4.37. The van der Waals surface area contributed by atoms with E-state index in [1.165, 1.54) is 12.3 Å². The van der Waals surface area contributed by atoms with Crippen molar-refractivity contribution in [3.8, 4) is 5.75 Å². The molecule has 0 bridgehead atoms. The molecular formula is C20H16F3N3O2. The molecular weight excluding hydrogens is 371 g/mol. The molecule has 5 nitrogen and oxygen atoms in total. The summed E-state index contributed by atoms with van der Waals surface area (Å²) in [5, 5.41) is 5.50. The second kappa shape index (κ2) is 8.43. The van der Waals surface area contributed by atoms with E-state index in [4.69, 9.17) is 4.74 Å². The largest absolute Gasteiger partial charge is 0.497 e. The van der Waals surface area contributed by atoms with Crippen LogP contribution in [0.15, 0.2) is 54.7 Å². The number of hydrogen-bond donors (Lipinski definition) is 2. The first kappa shape index (κ1) is 19.2. The van der Waals surface area contributed by atoms with Crippen LogP contribution in [0.1, 0.15) is 15.9 Å². The number of amides is 1. The summed E-state index contributed by atoms with van der Waals surface area (Å²) in [6.45, 7) is 0.553. The molecule has 28 heavy (non-hydrogen) atoms. The maximum Gasteiger partial charge on any atom is 0.259 e. The Morgan fingerprint density at radius 3 is 2.39 bits per heavy atom. The molecule has 0 radical (unpaired) electrons. The summed E-state index contributed by atoms with van der Waals surface area (Å²) >= 11 is 0. The molecule has 8 heteroatoms. The van der Waals surface area contributed by atoms with Crippen LogP contribution in [-0.4, -0.2) is 18.0 Å². The lowest BCUT2D eigenvalue weighted by molar-refractivity contribution is 0.102. The SMILES string of the molecule is COc1ccc(CNc2ccc(NC(=O)c3ccc(F)c(F)c3F)nc2)cc1. The average molecular weight is 387 g/mol. The number of anilines is 2. The van der Waals surface area contributed by atoms with E-state index >= 15 is 0 Å². The van der Waals surface area contributed by atoms with Crippen LogP contribution in [0.5, 0.6) is 5.75 Å². The molecule has 0 aliphatic carbocycles. The molecule has 0 saturated heterocycles. The average Bonchev–Trinajstić information content (AvgIpc) is 2.72. The van der Waals surface area contributed by atoms with E-state index in [9.17, 15) is 18.0 Å². The molecule has 3 rings (SSSR count). The monoisotopic (exact) mass is 387 g/mol. The van der Waals surface area contributed by atoms with Crippen molar-refractivity contribution < 1.29 is 22.7 Å². The lowest BCUT2D eigenvalue weighted by Gasteiger charge is -2.09. The van der Waals surface area contributed by atoms with Crippen molar-refractivity contribution in [3.63, 3.8) is 0 Å². The van der Waals surface area contributed by atoms with Gasteiger partial charge in [0.2, 0.25) is 0 Å². The minimum Gasteiger partial charge on any atom is -0.497 e. The summed E-state index contributed by atoms with van der Waals surface area (Å²) in [7, 11) is 1.60. The number of halogens is 3. The minimum absolute atomic E-state index is 0.143. The number of benzene rings is 2. The quantitative estimate of drug-likeness (QED) is 0.617. The van der Waals surface area contributed by atoms with E-state index in [-0.39, 0.29) is 5.82 Å². The number of nitrogens with one attached hydrogen (secondary N) is 2. The number of aromatic nitrogens is 1. The third kappa shape index (κ3) is 4.40. The third-order valence-electron chi connectivity index (χ3n) is 3.94. The first-order valence-electron chi connectivity index (χ1n) is 8.25. The molecule has 2 N–H and O–H groups in total. The number of rotatable bonds is 6. The molecule has 0 fully saturated rings.